The van der Waals surface area contributed by atoms with Crippen LogP contribution in [0.4, 0.5) is 17.1 Å². The van der Waals surface area contributed by atoms with Crippen molar-refractivity contribution in [2.75, 3.05) is 4.90 Å². The van der Waals surface area contributed by atoms with Crippen molar-refractivity contribution >= 4 is 17.1 Å². The van der Waals surface area contributed by atoms with Crippen molar-refractivity contribution in [2.45, 2.75) is 39.0 Å². The lowest BCUT2D eigenvalue weighted by Crippen LogP contribution is -2.30. The highest BCUT2D eigenvalue weighted by atomic mass is 15.2. The Labute approximate surface area is 150 Å². The second-order valence-electron chi connectivity index (χ2n) is 7.74. The van der Waals surface area contributed by atoms with Gasteiger partial charge < -0.3 is 4.90 Å². The summed E-state index contributed by atoms with van der Waals surface area (Å²) >= 11 is 0. The molecule has 3 aromatic carbocycles. The number of nitrogens with zero attached hydrogens (tertiary/aromatic N) is 1. The summed E-state index contributed by atoms with van der Waals surface area (Å²) in [6, 6.07) is 26.6. The molecule has 0 spiro atoms. The van der Waals surface area contributed by atoms with E-state index in [0.29, 0.717) is 5.92 Å². The molecule has 1 heterocycles. The predicted octanol–water partition coefficient (Wildman–Crippen LogP) is 6.92. The highest BCUT2D eigenvalue weighted by Gasteiger charge is 2.36. The summed E-state index contributed by atoms with van der Waals surface area (Å²) in [5, 5.41) is 0. The van der Waals surface area contributed by atoms with Crippen LogP contribution in [0.1, 0.15) is 50.3 Å². The molecule has 0 atom stereocenters. The van der Waals surface area contributed by atoms with Crippen molar-refractivity contribution in [3.63, 3.8) is 0 Å². The summed E-state index contributed by atoms with van der Waals surface area (Å²) in [6.07, 6.45) is 0. The van der Waals surface area contributed by atoms with Crippen molar-refractivity contribution in [3.8, 4) is 0 Å². The van der Waals surface area contributed by atoms with Crippen LogP contribution in [-0.4, -0.2) is 0 Å². The number of benzene rings is 3. The fourth-order valence-corrected chi connectivity index (χ4v) is 3.96. The van der Waals surface area contributed by atoms with Gasteiger partial charge in [-0.2, -0.15) is 0 Å². The van der Waals surface area contributed by atoms with E-state index in [1.807, 2.05) is 0 Å². The van der Waals surface area contributed by atoms with Crippen LogP contribution in [0.3, 0.4) is 0 Å². The predicted molar refractivity (Wildman–Crippen MR) is 107 cm³/mol. The standard InChI is InChI=1S/C24H25N/c1-17(2)18-13-15-19(16-14-18)25-22-11-7-5-9-20(22)24(3,4)21-10-6-8-12-23(21)25/h5-17H,1-4H3. The number of rotatable bonds is 2. The number of fused-ring (bicyclic) bond motifs is 2. The molecule has 4 rings (SSSR count). The van der Waals surface area contributed by atoms with Gasteiger partial charge in [0.25, 0.3) is 0 Å². The van der Waals surface area contributed by atoms with Crippen LogP contribution in [0.15, 0.2) is 72.8 Å². The maximum absolute atomic E-state index is 2.40. The van der Waals surface area contributed by atoms with Gasteiger partial charge in [0.15, 0.2) is 0 Å². The maximum atomic E-state index is 2.40. The first-order valence-corrected chi connectivity index (χ1v) is 9.09. The molecular weight excluding hydrogens is 302 g/mol. The van der Waals surface area contributed by atoms with Gasteiger partial charge in [-0.1, -0.05) is 76.2 Å². The monoisotopic (exact) mass is 327 g/mol. The highest BCUT2D eigenvalue weighted by Crippen LogP contribution is 2.51. The summed E-state index contributed by atoms with van der Waals surface area (Å²) in [6.45, 7) is 9.12. The van der Waals surface area contributed by atoms with Crippen LogP contribution in [0.5, 0.6) is 0 Å². The van der Waals surface area contributed by atoms with Crippen molar-refractivity contribution in [1.29, 1.82) is 0 Å². The number of hydrogen-bond donors (Lipinski definition) is 0. The molecule has 1 aliphatic heterocycles. The second-order valence-corrected chi connectivity index (χ2v) is 7.74. The van der Waals surface area contributed by atoms with Gasteiger partial charge in [-0.25, -0.2) is 0 Å². The first-order valence-electron chi connectivity index (χ1n) is 9.09. The van der Waals surface area contributed by atoms with Crippen molar-refractivity contribution in [2.24, 2.45) is 0 Å². The van der Waals surface area contributed by atoms with E-state index in [1.165, 1.54) is 33.8 Å². The van der Waals surface area contributed by atoms with Gasteiger partial charge in [0.05, 0.1) is 11.4 Å². The molecule has 126 valence electrons. The van der Waals surface area contributed by atoms with Gasteiger partial charge >= 0.3 is 0 Å². The Hall–Kier alpha value is -2.54. The molecule has 0 saturated carbocycles. The van der Waals surface area contributed by atoms with Crippen LogP contribution in [0.25, 0.3) is 0 Å². The molecule has 0 fully saturated rings. The molecule has 1 nitrogen and oxygen atoms in total. The lowest BCUT2D eigenvalue weighted by molar-refractivity contribution is 0.632. The van der Waals surface area contributed by atoms with E-state index in [9.17, 15) is 0 Å². The zero-order valence-corrected chi connectivity index (χ0v) is 15.5. The second kappa shape index (κ2) is 5.77. The molecule has 0 aliphatic carbocycles. The third-order valence-electron chi connectivity index (χ3n) is 5.45. The van der Waals surface area contributed by atoms with Gasteiger partial charge in [0.2, 0.25) is 0 Å². The molecule has 0 bridgehead atoms. The van der Waals surface area contributed by atoms with Crippen molar-refractivity contribution in [1.82, 2.24) is 0 Å². The molecule has 3 aromatic rings. The number of hydrogen-bond acceptors (Lipinski definition) is 1. The molecule has 0 amide bonds. The number of para-hydroxylation sites is 2. The smallest absolute Gasteiger partial charge is 0.0502 e. The average Bonchev–Trinajstić information content (AvgIpc) is 2.62. The fourth-order valence-electron chi connectivity index (χ4n) is 3.96. The van der Waals surface area contributed by atoms with Crippen molar-refractivity contribution < 1.29 is 0 Å². The topological polar surface area (TPSA) is 3.24 Å². The normalized spacial score (nSPS) is 15.0. The zero-order chi connectivity index (χ0) is 17.6. The van der Waals surface area contributed by atoms with E-state index < -0.39 is 0 Å². The third-order valence-corrected chi connectivity index (χ3v) is 5.45. The molecule has 0 aromatic heterocycles. The third kappa shape index (κ3) is 2.46. The Morgan fingerprint density at radius 1 is 0.680 bits per heavy atom. The summed E-state index contributed by atoms with van der Waals surface area (Å²) in [5.74, 6) is 0.550. The first kappa shape index (κ1) is 16.0. The van der Waals surface area contributed by atoms with Gasteiger partial charge in [0.1, 0.15) is 0 Å². The molecule has 0 N–H and O–H groups in total. The molecule has 1 aliphatic rings. The quantitative estimate of drug-likeness (QED) is 0.494. The van der Waals surface area contributed by atoms with Crippen molar-refractivity contribution in [3.05, 3.63) is 89.5 Å². The summed E-state index contributed by atoms with van der Waals surface area (Å²) in [7, 11) is 0. The van der Waals surface area contributed by atoms with Gasteiger partial charge in [-0.3, -0.25) is 0 Å². The molecule has 0 radical (unpaired) electrons. The van der Waals surface area contributed by atoms with Crippen LogP contribution in [-0.2, 0) is 5.41 Å². The summed E-state index contributed by atoms with van der Waals surface area (Å²) in [5.41, 5.74) is 7.92. The Bertz CT molecular complexity index is 854. The average molecular weight is 327 g/mol. The molecule has 1 heteroatoms. The van der Waals surface area contributed by atoms with Gasteiger partial charge in [-0.05, 0) is 46.9 Å². The Morgan fingerprint density at radius 3 is 1.64 bits per heavy atom. The largest absolute Gasteiger partial charge is 0.310 e. The van der Waals surface area contributed by atoms with E-state index in [4.69, 9.17) is 0 Å². The Balaban J connectivity index is 1.94. The summed E-state index contributed by atoms with van der Waals surface area (Å²) < 4.78 is 0. The first-order chi connectivity index (χ1) is 12.0. The minimum Gasteiger partial charge on any atom is -0.310 e. The SMILES string of the molecule is CC(C)c1ccc(N2c3ccccc3C(C)(C)c3ccccc32)cc1. The Morgan fingerprint density at radius 2 is 1.16 bits per heavy atom. The number of anilines is 3. The lowest BCUT2D eigenvalue weighted by atomic mass is 9.73. The van der Waals surface area contributed by atoms with E-state index in [-0.39, 0.29) is 5.41 Å². The van der Waals surface area contributed by atoms with Crippen LogP contribution in [0.2, 0.25) is 0 Å². The minimum atomic E-state index is 0.00155. The molecular formula is C24H25N. The van der Waals surface area contributed by atoms with E-state index in [0.717, 1.165) is 0 Å². The molecule has 25 heavy (non-hydrogen) atoms. The van der Waals surface area contributed by atoms with Crippen LogP contribution in [0, 0.1) is 0 Å². The summed E-state index contributed by atoms with van der Waals surface area (Å²) in [4.78, 5) is 2.40. The van der Waals surface area contributed by atoms with Crippen LogP contribution >= 0.6 is 0 Å². The lowest BCUT2D eigenvalue weighted by Gasteiger charge is -2.42. The van der Waals surface area contributed by atoms with Gasteiger partial charge in [-0.15, -0.1) is 0 Å². The maximum Gasteiger partial charge on any atom is 0.0502 e. The molecule has 0 unspecified atom stereocenters. The Kier molecular flexibility index (Phi) is 3.68. The van der Waals surface area contributed by atoms with E-state index in [1.54, 1.807) is 0 Å². The highest BCUT2D eigenvalue weighted by molar-refractivity contribution is 5.85. The minimum absolute atomic E-state index is 0.00155. The van der Waals surface area contributed by atoms with Gasteiger partial charge in [0, 0.05) is 11.1 Å². The van der Waals surface area contributed by atoms with Crippen LogP contribution < -0.4 is 4.90 Å². The van der Waals surface area contributed by atoms with E-state index >= 15 is 0 Å². The fraction of sp³-hybridized carbons (Fsp3) is 0.250. The molecule has 0 saturated heterocycles. The van der Waals surface area contributed by atoms with E-state index in [2.05, 4.69) is 105 Å². The zero-order valence-electron chi connectivity index (χ0n) is 15.5.